The van der Waals surface area contributed by atoms with Crippen molar-refractivity contribution in [3.05, 3.63) is 72.3 Å². The van der Waals surface area contributed by atoms with E-state index in [4.69, 9.17) is 5.11 Å². The molecule has 2 heteroatoms. The van der Waals surface area contributed by atoms with Gasteiger partial charge < -0.3 is 10.2 Å². The van der Waals surface area contributed by atoms with Gasteiger partial charge in [-0.1, -0.05) is 54.1 Å². The first kappa shape index (κ1) is 13.0. The summed E-state index contributed by atoms with van der Waals surface area (Å²) in [5.41, 5.74) is 1.17. The summed E-state index contributed by atoms with van der Waals surface area (Å²) in [6.07, 6.45) is 0. The molecule has 0 aliphatic carbocycles. The van der Waals surface area contributed by atoms with Gasteiger partial charge in [0.2, 0.25) is 0 Å². The number of aryl methyl sites for hydroxylation is 1. The van der Waals surface area contributed by atoms with E-state index in [-0.39, 0.29) is 0 Å². The summed E-state index contributed by atoms with van der Waals surface area (Å²) >= 11 is 0. The molecule has 0 saturated carbocycles. The zero-order valence-electron chi connectivity index (χ0n) is 10.7. The minimum Gasteiger partial charge on any atom is -0.508 e. The van der Waals surface area contributed by atoms with E-state index in [2.05, 4.69) is 0 Å². The van der Waals surface area contributed by atoms with Crippen molar-refractivity contribution < 1.29 is 10.2 Å². The first-order valence-corrected chi connectivity index (χ1v) is 6.09. The van der Waals surface area contributed by atoms with Gasteiger partial charge in [-0.05, 0) is 30.5 Å². The van der Waals surface area contributed by atoms with E-state index in [9.17, 15) is 5.11 Å². The van der Waals surface area contributed by atoms with Crippen molar-refractivity contribution in [3.8, 4) is 11.5 Å². The average Bonchev–Trinajstić information content (AvgIpc) is 2.44. The van der Waals surface area contributed by atoms with Gasteiger partial charge in [0, 0.05) is 5.39 Å². The van der Waals surface area contributed by atoms with Gasteiger partial charge in [-0.15, -0.1) is 0 Å². The van der Waals surface area contributed by atoms with Gasteiger partial charge in [-0.2, -0.15) is 0 Å². The minimum absolute atomic E-state index is 0.329. The third-order valence-electron chi connectivity index (χ3n) is 2.80. The SMILES string of the molecule is Cc1ccc(O)cc1.Oc1cccc2ccccc12. The Morgan fingerprint density at radius 3 is 1.95 bits per heavy atom. The lowest BCUT2D eigenvalue weighted by Crippen LogP contribution is -1.70. The van der Waals surface area contributed by atoms with Crippen molar-refractivity contribution in [2.75, 3.05) is 0 Å². The van der Waals surface area contributed by atoms with Gasteiger partial charge in [-0.3, -0.25) is 0 Å². The molecule has 3 rings (SSSR count). The third-order valence-corrected chi connectivity index (χ3v) is 2.80. The van der Waals surface area contributed by atoms with E-state index < -0.39 is 0 Å². The van der Waals surface area contributed by atoms with Crippen LogP contribution in [0.5, 0.6) is 11.5 Å². The maximum Gasteiger partial charge on any atom is 0.123 e. The zero-order valence-corrected chi connectivity index (χ0v) is 10.7. The lowest BCUT2D eigenvalue weighted by Gasteiger charge is -1.97. The maximum absolute atomic E-state index is 9.37. The van der Waals surface area contributed by atoms with Gasteiger partial charge in [-0.25, -0.2) is 0 Å². The van der Waals surface area contributed by atoms with Crippen LogP contribution in [0.25, 0.3) is 10.8 Å². The Kier molecular flexibility index (Phi) is 4.04. The molecule has 0 radical (unpaired) electrons. The van der Waals surface area contributed by atoms with E-state index in [1.165, 1.54) is 5.56 Å². The quantitative estimate of drug-likeness (QED) is 0.628. The van der Waals surface area contributed by atoms with Crippen LogP contribution >= 0.6 is 0 Å². The summed E-state index contributed by atoms with van der Waals surface area (Å²) in [5.74, 6) is 0.679. The normalized spacial score (nSPS) is 9.74. The van der Waals surface area contributed by atoms with E-state index in [0.717, 1.165) is 10.8 Å². The number of benzene rings is 3. The zero-order chi connectivity index (χ0) is 13.7. The molecular weight excluding hydrogens is 236 g/mol. The standard InChI is InChI=1S/C10H8O.C7H8O/c11-10-7-3-5-8-4-1-2-6-9(8)10;1-6-2-4-7(8)5-3-6/h1-7,11H;2-5,8H,1H3. The number of phenolic OH excluding ortho intramolecular Hbond substituents is 2. The number of hydrogen-bond donors (Lipinski definition) is 2. The van der Waals surface area contributed by atoms with Gasteiger partial charge in [0.05, 0.1) is 0 Å². The predicted molar refractivity (Wildman–Crippen MR) is 78.5 cm³/mol. The van der Waals surface area contributed by atoms with Crippen LogP contribution in [0.3, 0.4) is 0 Å². The Bertz CT molecular complexity index is 631. The van der Waals surface area contributed by atoms with E-state index in [0.29, 0.717) is 11.5 Å². The molecule has 0 aromatic heterocycles. The molecule has 0 amide bonds. The minimum atomic E-state index is 0.329. The topological polar surface area (TPSA) is 40.5 Å². The summed E-state index contributed by atoms with van der Waals surface area (Å²) in [6.45, 7) is 1.99. The molecular formula is C17H16O2. The molecule has 0 spiro atoms. The second-order valence-corrected chi connectivity index (χ2v) is 4.33. The number of fused-ring (bicyclic) bond motifs is 1. The Hall–Kier alpha value is -2.48. The van der Waals surface area contributed by atoms with E-state index in [1.54, 1.807) is 18.2 Å². The Morgan fingerprint density at radius 1 is 0.684 bits per heavy atom. The molecule has 0 bridgehead atoms. The predicted octanol–water partition coefficient (Wildman–Crippen LogP) is 4.25. The monoisotopic (exact) mass is 252 g/mol. The highest BCUT2D eigenvalue weighted by Gasteiger charge is 1.94. The molecule has 3 aromatic carbocycles. The van der Waals surface area contributed by atoms with Crippen molar-refractivity contribution in [3.63, 3.8) is 0 Å². The Morgan fingerprint density at radius 2 is 1.32 bits per heavy atom. The highest BCUT2D eigenvalue weighted by atomic mass is 16.3. The molecule has 2 nitrogen and oxygen atoms in total. The van der Waals surface area contributed by atoms with E-state index >= 15 is 0 Å². The fourth-order valence-corrected chi connectivity index (χ4v) is 1.75. The largest absolute Gasteiger partial charge is 0.508 e. The molecule has 0 saturated heterocycles. The molecule has 0 aliphatic rings. The molecule has 3 aromatic rings. The van der Waals surface area contributed by atoms with Gasteiger partial charge in [0.1, 0.15) is 11.5 Å². The fourth-order valence-electron chi connectivity index (χ4n) is 1.75. The van der Waals surface area contributed by atoms with Crippen molar-refractivity contribution in [1.82, 2.24) is 0 Å². The van der Waals surface area contributed by atoms with Crippen molar-refractivity contribution in [1.29, 1.82) is 0 Å². The lowest BCUT2D eigenvalue weighted by molar-refractivity contribution is 0.475. The highest BCUT2D eigenvalue weighted by Crippen LogP contribution is 2.22. The third kappa shape index (κ3) is 3.49. The molecule has 0 unspecified atom stereocenters. The summed E-state index contributed by atoms with van der Waals surface area (Å²) in [6, 6.07) is 20.4. The summed E-state index contributed by atoms with van der Waals surface area (Å²) in [5, 5.41) is 20.1. The number of hydrogen-bond acceptors (Lipinski definition) is 2. The van der Waals surface area contributed by atoms with Crippen molar-refractivity contribution in [2.45, 2.75) is 6.92 Å². The van der Waals surface area contributed by atoms with Crippen LogP contribution in [0.2, 0.25) is 0 Å². The Balaban J connectivity index is 0.000000148. The maximum atomic E-state index is 9.37. The first-order chi connectivity index (χ1) is 9.16. The van der Waals surface area contributed by atoms with Gasteiger partial charge >= 0.3 is 0 Å². The molecule has 0 fully saturated rings. The molecule has 0 atom stereocenters. The molecule has 96 valence electrons. The summed E-state index contributed by atoms with van der Waals surface area (Å²) in [7, 11) is 0. The van der Waals surface area contributed by atoms with Crippen LogP contribution in [-0.2, 0) is 0 Å². The second-order valence-electron chi connectivity index (χ2n) is 4.33. The lowest BCUT2D eigenvalue weighted by atomic mass is 10.1. The van der Waals surface area contributed by atoms with Crippen LogP contribution in [0, 0.1) is 6.92 Å². The van der Waals surface area contributed by atoms with Crippen LogP contribution in [-0.4, -0.2) is 10.2 Å². The number of phenols is 2. The van der Waals surface area contributed by atoms with E-state index in [1.807, 2.05) is 55.5 Å². The Labute approximate surface area is 112 Å². The van der Waals surface area contributed by atoms with Crippen LogP contribution < -0.4 is 0 Å². The second kappa shape index (κ2) is 5.91. The molecule has 0 aliphatic heterocycles. The first-order valence-electron chi connectivity index (χ1n) is 6.09. The molecule has 19 heavy (non-hydrogen) atoms. The highest BCUT2D eigenvalue weighted by molar-refractivity contribution is 5.87. The molecule has 2 N–H and O–H groups in total. The van der Waals surface area contributed by atoms with Crippen molar-refractivity contribution >= 4 is 10.8 Å². The summed E-state index contributed by atoms with van der Waals surface area (Å²) < 4.78 is 0. The van der Waals surface area contributed by atoms with Crippen LogP contribution in [0.15, 0.2) is 66.7 Å². The average molecular weight is 252 g/mol. The fraction of sp³-hybridized carbons (Fsp3) is 0.0588. The smallest absolute Gasteiger partial charge is 0.123 e. The number of rotatable bonds is 0. The summed E-state index contributed by atoms with van der Waals surface area (Å²) in [4.78, 5) is 0. The van der Waals surface area contributed by atoms with Gasteiger partial charge in [0.25, 0.3) is 0 Å². The van der Waals surface area contributed by atoms with Crippen LogP contribution in [0.1, 0.15) is 5.56 Å². The molecule has 0 heterocycles. The van der Waals surface area contributed by atoms with Gasteiger partial charge in [0.15, 0.2) is 0 Å². The van der Waals surface area contributed by atoms with Crippen molar-refractivity contribution in [2.24, 2.45) is 0 Å². The number of aromatic hydroxyl groups is 2. The van der Waals surface area contributed by atoms with Crippen LogP contribution in [0.4, 0.5) is 0 Å².